The van der Waals surface area contributed by atoms with Crippen LogP contribution in [-0.2, 0) is 0 Å². The van der Waals surface area contributed by atoms with E-state index >= 15 is 0 Å². The lowest BCUT2D eigenvalue weighted by atomic mass is 10.0. The van der Waals surface area contributed by atoms with Crippen molar-refractivity contribution >= 4 is 11.6 Å². The first-order chi connectivity index (χ1) is 9.80. The molecule has 0 N–H and O–H groups in total. The number of hydrogen-bond donors (Lipinski definition) is 0. The van der Waals surface area contributed by atoms with Crippen molar-refractivity contribution in [3.05, 3.63) is 29.8 Å². The van der Waals surface area contributed by atoms with Crippen LogP contribution in [0.1, 0.15) is 51.5 Å². The summed E-state index contributed by atoms with van der Waals surface area (Å²) in [5.41, 5.74) is 1.01. The van der Waals surface area contributed by atoms with Crippen LogP contribution >= 0.6 is 11.6 Å². The van der Waals surface area contributed by atoms with Gasteiger partial charge in [0.05, 0.1) is 6.61 Å². The van der Waals surface area contributed by atoms with Crippen LogP contribution in [0.25, 0.3) is 0 Å². The van der Waals surface area contributed by atoms with Gasteiger partial charge in [-0.2, -0.15) is 0 Å². The normalized spacial score (nSPS) is 11.6. The molecule has 0 bridgehead atoms. The Morgan fingerprint density at radius 2 is 1.95 bits per heavy atom. The van der Waals surface area contributed by atoms with Crippen molar-refractivity contribution in [3.63, 3.8) is 0 Å². The molecular weight excluding hydrogens is 268 g/mol. The summed E-state index contributed by atoms with van der Waals surface area (Å²) in [5, 5.41) is 0. The maximum Gasteiger partial charge on any atom is 0.119 e. The third-order valence-electron chi connectivity index (χ3n) is 3.34. The SMILES string of the molecule is CCCCC(CC)COc1ccc(C#CCCCl)cc1. The Morgan fingerprint density at radius 1 is 1.20 bits per heavy atom. The average molecular weight is 293 g/mol. The molecular formula is C18H25ClO. The van der Waals surface area contributed by atoms with Crippen LogP contribution in [0.5, 0.6) is 5.75 Å². The lowest BCUT2D eigenvalue weighted by Gasteiger charge is -2.15. The first-order valence-electron chi connectivity index (χ1n) is 7.57. The molecule has 0 amide bonds. The topological polar surface area (TPSA) is 9.23 Å². The second-order valence-electron chi connectivity index (χ2n) is 4.99. The first-order valence-corrected chi connectivity index (χ1v) is 8.11. The molecule has 0 saturated carbocycles. The molecule has 1 atom stereocenters. The van der Waals surface area contributed by atoms with E-state index in [-0.39, 0.29) is 0 Å². The fourth-order valence-electron chi connectivity index (χ4n) is 1.96. The molecule has 1 aromatic rings. The quantitative estimate of drug-likeness (QED) is 0.469. The van der Waals surface area contributed by atoms with Gasteiger partial charge in [-0.05, 0) is 36.6 Å². The Balaban J connectivity index is 2.43. The molecule has 1 nitrogen and oxygen atoms in total. The molecule has 20 heavy (non-hydrogen) atoms. The van der Waals surface area contributed by atoms with Gasteiger partial charge >= 0.3 is 0 Å². The summed E-state index contributed by atoms with van der Waals surface area (Å²) in [6.07, 6.45) is 5.72. The minimum atomic E-state index is 0.588. The van der Waals surface area contributed by atoms with Crippen LogP contribution in [0, 0.1) is 17.8 Å². The van der Waals surface area contributed by atoms with Crippen molar-refractivity contribution < 1.29 is 4.74 Å². The molecule has 2 heteroatoms. The fourth-order valence-corrected chi connectivity index (χ4v) is 2.05. The molecule has 0 aromatic heterocycles. The summed E-state index contributed by atoms with van der Waals surface area (Å²) in [6.45, 7) is 5.28. The molecule has 0 aliphatic heterocycles. The molecule has 0 spiro atoms. The summed E-state index contributed by atoms with van der Waals surface area (Å²) in [5.74, 6) is 8.30. The number of halogens is 1. The van der Waals surface area contributed by atoms with Gasteiger partial charge in [0.2, 0.25) is 0 Å². The van der Waals surface area contributed by atoms with Gasteiger partial charge in [0.1, 0.15) is 5.75 Å². The lowest BCUT2D eigenvalue weighted by molar-refractivity contribution is 0.233. The molecule has 0 radical (unpaired) electrons. The highest BCUT2D eigenvalue weighted by Gasteiger charge is 2.06. The van der Waals surface area contributed by atoms with E-state index in [1.807, 2.05) is 24.3 Å². The lowest BCUT2D eigenvalue weighted by Crippen LogP contribution is -2.11. The van der Waals surface area contributed by atoms with Gasteiger partial charge < -0.3 is 4.74 Å². The van der Waals surface area contributed by atoms with E-state index in [4.69, 9.17) is 16.3 Å². The minimum Gasteiger partial charge on any atom is -0.493 e. The van der Waals surface area contributed by atoms with E-state index in [0.717, 1.165) is 24.3 Å². The number of alkyl halides is 1. The Bertz CT molecular complexity index is 413. The molecule has 1 rings (SSSR count). The van der Waals surface area contributed by atoms with E-state index in [9.17, 15) is 0 Å². The van der Waals surface area contributed by atoms with Crippen LogP contribution in [0.4, 0.5) is 0 Å². The van der Waals surface area contributed by atoms with Crippen molar-refractivity contribution in [2.75, 3.05) is 12.5 Å². The summed E-state index contributed by atoms with van der Waals surface area (Å²) < 4.78 is 5.87. The second kappa shape index (κ2) is 10.6. The van der Waals surface area contributed by atoms with Crippen molar-refractivity contribution in [1.29, 1.82) is 0 Å². The van der Waals surface area contributed by atoms with Crippen LogP contribution < -0.4 is 4.74 Å². The molecule has 110 valence electrons. The summed E-state index contributed by atoms with van der Waals surface area (Å²) >= 11 is 5.59. The Kier molecular flexibility index (Phi) is 9.00. The summed E-state index contributed by atoms with van der Waals surface area (Å²) in [4.78, 5) is 0. The smallest absolute Gasteiger partial charge is 0.119 e. The van der Waals surface area contributed by atoms with Gasteiger partial charge in [-0.15, -0.1) is 11.6 Å². The summed E-state index contributed by atoms with van der Waals surface area (Å²) in [6, 6.07) is 8.00. The third-order valence-corrected chi connectivity index (χ3v) is 3.52. The molecule has 1 unspecified atom stereocenters. The molecule has 0 aliphatic carbocycles. The van der Waals surface area contributed by atoms with E-state index < -0.39 is 0 Å². The largest absolute Gasteiger partial charge is 0.493 e. The number of benzene rings is 1. The maximum atomic E-state index is 5.87. The Morgan fingerprint density at radius 3 is 2.55 bits per heavy atom. The number of unbranched alkanes of at least 4 members (excludes halogenated alkanes) is 1. The van der Waals surface area contributed by atoms with Gasteiger partial charge in [0, 0.05) is 17.9 Å². The van der Waals surface area contributed by atoms with Crippen LogP contribution in [-0.4, -0.2) is 12.5 Å². The van der Waals surface area contributed by atoms with E-state index in [1.165, 1.54) is 25.7 Å². The van der Waals surface area contributed by atoms with Crippen LogP contribution in [0.15, 0.2) is 24.3 Å². The van der Waals surface area contributed by atoms with Crippen LogP contribution in [0.2, 0.25) is 0 Å². The number of hydrogen-bond acceptors (Lipinski definition) is 1. The zero-order valence-corrected chi connectivity index (χ0v) is 13.4. The maximum absolute atomic E-state index is 5.87. The fraction of sp³-hybridized carbons (Fsp3) is 0.556. The number of rotatable bonds is 8. The number of ether oxygens (including phenoxy) is 1. The predicted molar refractivity (Wildman–Crippen MR) is 87.5 cm³/mol. The van der Waals surface area contributed by atoms with E-state index in [0.29, 0.717) is 11.8 Å². The minimum absolute atomic E-state index is 0.588. The van der Waals surface area contributed by atoms with E-state index in [2.05, 4.69) is 25.7 Å². The van der Waals surface area contributed by atoms with E-state index in [1.54, 1.807) is 0 Å². The molecule has 0 saturated heterocycles. The standard InChI is InChI=1S/C18H25ClO/c1-3-5-8-16(4-2)15-20-18-12-10-17(11-13-18)9-6-7-14-19/h10-13,16H,3-5,7-8,14-15H2,1-2H3. The van der Waals surface area contributed by atoms with Crippen molar-refractivity contribution in [3.8, 4) is 17.6 Å². The van der Waals surface area contributed by atoms with Crippen LogP contribution in [0.3, 0.4) is 0 Å². The van der Waals surface area contributed by atoms with Gasteiger partial charge in [0.15, 0.2) is 0 Å². The highest BCUT2D eigenvalue weighted by Crippen LogP contribution is 2.17. The van der Waals surface area contributed by atoms with Gasteiger partial charge in [-0.1, -0.05) is 45.0 Å². The van der Waals surface area contributed by atoms with Gasteiger partial charge in [-0.3, -0.25) is 0 Å². The first kappa shape index (κ1) is 16.9. The van der Waals surface area contributed by atoms with Gasteiger partial charge in [0.25, 0.3) is 0 Å². The zero-order chi connectivity index (χ0) is 14.6. The average Bonchev–Trinajstić information content (AvgIpc) is 2.49. The molecule has 1 aromatic carbocycles. The zero-order valence-electron chi connectivity index (χ0n) is 12.6. The molecule has 0 fully saturated rings. The third kappa shape index (κ3) is 6.87. The Hall–Kier alpha value is -1.13. The predicted octanol–water partition coefficient (Wildman–Crippen LogP) is 5.26. The highest BCUT2D eigenvalue weighted by atomic mass is 35.5. The van der Waals surface area contributed by atoms with Crippen molar-refractivity contribution in [1.82, 2.24) is 0 Å². The monoisotopic (exact) mass is 292 g/mol. The van der Waals surface area contributed by atoms with Gasteiger partial charge in [-0.25, -0.2) is 0 Å². The highest BCUT2D eigenvalue weighted by molar-refractivity contribution is 6.18. The second-order valence-corrected chi connectivity index (χ2v) is 5.37. The Labute approximate surface area is 128 Å². The molecule has 0 aliphatic rings. The van der Waals surface area contributed by atoms with Crippen molar-refractivity contribution in [2.24, 2.45) is 5.92 Å². The van der Waals surface area contributed by atoms with Crippen molar-refractivity contribution in [2.45, 2.75) is 46.0 Å². The summed E-state index contributed by atoms with van der Waals surface area (Å²) in [7, 11) is 0. The molecule has 0 heterocycles.